The van der Waals surface area contributed by atoms with Crippen LogP contribution in [0.3, 0.4) is 0 Å². The third-order valence-electron chi connectivity index (χ3n) is 3.62. The summed E-state index contributed by atoms with van der Waals surface area (Å²) in [6, 6.07) is 0. The minimum Gasteiger partial charge on any atom is -0.271 e. The summed E-state index contributed by atoms with van der Waals surface area (Å²) >= 11 is 3.38. The number of β-lactam (4-membered cyclic amide) rings is 1. The second-order valence-electron chi connectivity index (χ2n) is 4.96. The number of hydrogen-bond donors (Lipinski definition) is 0. The van der Waals surface area contributed by atoms with Gasteiger partial charge in [-0.15, -0.1) is 0 Å². The molecule has 2 amide bonds. The molecule has 2 fully saturated rings. The van der Waals surface area contributed by atoms with Crippen LogP contribution in [0.25, 0.3) is 0 Å². The van der Waals surface area contributed by atoms with Crippen molar-refractivity contribution < 1.29 is 14.0 Å². The van der Waals surface area contributed by atoms with Gasteiger partial charge in [-0.2, -0.15) is 0 Å². The molecule has 108 valence electrons. The Morgan fingerprint density at radius 3 is 2.65 bits per heavy atom. The first-order valence-corrected chi connectivity index (χ1v) is 7.92. The molecule has 1 atom stereocenters. The first kappa shape index (κ1) is 15.2. The highest BCUT2D eigenvalue weighted by Gasteiger charge is 2.77. The number of imide groups is 1. The fourth-order valence-electron chi connectivity index (χ4n) is 2.39. The summed E-state index contributed by atoms with van der Waals surface area (Å²) in [7, 11) is 0. The van der Waals surface area contributed by atoms with Crippen molar-refractivity contribution in [3.63, 3.8) is 0 Å². The lowest BCUT2D eigenvalue weighted by Crippen LogP contribution is -2.41. The fourth-order valence-corrected chi connectivity index (χ4v) is 2.78. The zero-order valence-corrected chi connectivity index (χ0v) is 13.0. The lowest BCUT2D eigenvalue weighted by Gasteiger charge is -2.25. The second kappa shape index (κ2) is 6.04. The van der Waals surface area contributed by atoms with Crippen molar-refractivity contribution >= 4 is 27.7 Å². The molecular weight excluding hydrogens is 325 g/mol. The zero-order chi connectivity index (χ0) is 14.8. The molecule has 0 saturated carbocycles. The molecule has 3 nitrogen and oxygen atoms in total. The van der Waals surface area contributed by atoms with E-state index in [1.165, 1.54) is 48.1 Å². The number of alkyl halides is 1. The van der Waals surface area contributed by atoms with Gasteiger partial charge in [-0.1, -0.05) is 48.2 Å². The maximum Gasteiger partial charge on any atom is 0.266 e. The molecule has 0 aromatic carbocycles. The monoisotopic (exact) mass is 341 g/mol. The zero-order valence-electron chi connectivity index (χ0n) is 11.4. The Kier molecular flexibility index (Phi) is 4.58. The van der Waals surface area contributed by atoms with Crippen LogP contribution in [0, 0.1) is 0 Å². The van der Waals surface area contributed by atoms with Crippen LogP contribution in [0.15, 0.2) is 35.7 Å². The van der Waals surface area contributed by atoms with Crippen LogP contribution >= 0.6 is 15.9 Å². The van der Waals surface area contributed by atoms with E-state index in [1.807, 2.05) is 0 Å². The summed E-state index contributed by atoms with van der Waals surface area (Å²) < 4.78 is 12.1. The molecule has 5 heteroatoms. The minimum absolute atomic E-state index is 0.196. The molecule has 3 aliphatic rings. The second-order valence-corrected chi connectivity index (χ2v) is 5.76. The number of amides is 2. The van der Waals surface area contributed by atoms with Gasteiger partial charge in [-0.25, -0.2) is 4.39 Å². The first-order chi connectivity index (χ1) is 9.63. The summed E-state index contributed by atoms with van der Waals surface area (Å²) in [5, 5.41) is 1.17. The van der Waals surface area contributed by atoms with Gasteiger partial charge in [-0.05, 0) is 18.6 Å². The average Bonchev–Trinajstić information content (AvgIpc) is 2.97. The van der Waals surface area contributed by atoms with Crippen molar-refractivity contribution in [2.75, 3.05) is 5.33 Å². The summed E-state index contributed by atoms with van der Waals surface area (Å²) in [6.45, 7) is 2.23. The Hall–Kier alpha value is -1.23. The van der Waals surface area contributed by atoms with E-state index in [-0.39, 0.29) is 11.8 Å². The van der Waals surface area contributed by atoms with E-state index in [0.29, 0.717) is 17.5 Å². The van der Waals surface area contributed by atoms with Crippen molar-refractivity contribution in [3.8, 4) is 0 Å². The normalized spacial score (nSPS) is 27.2. The van der Waals surface area contributed by atoms with E-state index in [0.717, 1.165) is 0 Å². The van der Waals surface area contributed by atoms with Crippen LogP contribution in [0.1, 0.15) is 32.6 Å². The topological polar surface area (TPSA) is 37.1 Å². The van der Waals surface area contributed by atoms with Crippen LogP contribution in [0.4, 0.5) is 4.39 Å². The van der Waals surface area contributed by atoms with E-state index in [1.54, 1.807) is 6.08 Å². The van der Waals surface area contributed by atoms with Gasteiger partial charge in [0.2, 0.25) is 0 Å². The number of carbonyl (C=O) groups is 2. The Morgan fingerprint density at radius 1 is 1.35 bits per heavy atom. The van der Waals surface area contributed by atoms with Crippen LogP contribution < -0.4 is 0 Å². The molecule has 20 heavy (non-hydrogen) atoms. The summed E-state index contributed by atoms with van der Waals surface area (Å²) in [5.41, 5.74) is -0.0684. The first-order valence-electron chi connectivity index (χ1n) is 6.80. The number of halogens is 2. The third-order valence-corrected chi connectivity index (χ3v) is 4.18. The molecular formula is C15H17BrFNO2. The molecule has 2 aliphatic heterocycles. The van der Waals surface area contributed by atoms with E-state index in [9.17, 15) is 14.0 Å². The van der Waals surface area contributed by atoms with Crippen molar-refractivity contribution in [1.29, 1.82) is 0 Å². The van der Waals surface area contributed by atoms with Crippen LogP contribution in [0.2, 0.25) is 0 Å². The van der Waals surface area contributed by atoms with Gasteiger partial charge in [0.1, 0.15) is 0 Å². The molecule has 0 aromatic heterocycles. The Labute approximate surface area is 126 Å². The maximum absolute atomic E-state index is 12.1. The lowest BCUT2D eigenvalue weighted by molar-refractivity contribution is -0.129. The highest BCUT2D eigenvalue weighted by atomic mass is 79.9. The number of allylic oxidation sites excluding steroid dienone is 3. The number of carbonyl (C=O) groups excluding carboxylic acids is 2. The van der Waals surface area contributed by atoms with Gasteiger partial charge in [0.05, 0.1) is 11.9 Å². The molecule has 0 N–H and O–H groups in total. The van der Waals surface area contributed by atoms with Gasteiger partial charge < -0.3 is 0 Å². The Bertz CT molecular complexity index is 520. The molecule has 2 saturated heterocycles. The minimum atomic E-state index is -0.788. The summed E-state index contributed by atoms with van der Waals surface area (Å²) in [6.07, 6.45) is 10.4. The largest absolute Gasteiger partial charge is 0.271 e. The van der Waals surface area contributed by atoms with E-state index in [4.69, 9.17) is 0 Å². The molecule has 2 heterocycles. The number of nitrogens with zero attached hydrogens (tertiary/aromatic N) is 1. The molecule has 0 aromatic rings. The van der Waals surface area contributed by atoms with Gasteiger partial charge in [0.25, 0.3) is 11.8 Å². The predicted molar refractivity (Wildman–Crippen MR) is 78.9 cm³/mol. The van der Waals surface area contributed by atoms with Gasteiger partial charge >= 0.3 is 0 Å². The smallest absolute Gasteiger partial charge is 0.266 e. The number of unbranched alkanes of at least 4 members (excludes halogenated alkanes) is 3. The van der Waals surface area contributed by atoms with Gasteiger partial charge in [0, 0.05) is 10.9 Å². The third kappa shape index (κ3) is 2.28. The lowest BCUT2D eigenvalue weighted by atomic mass is 9.86. The average molecular weight is 342 g/mol. The summed E-state index contributed by atoms with van der Waals surface area (Å²) in [5.74, 6) is -0.494. The van der Waals surface area contributed by atoms with E-state index < -0.39 is 5.54 Å². The molecule has 1 aliphatic carbocycles. The number of rotatable bonds is 4. The van der Waals surface area contributed by atoms with Crippen molar-refractivity contribution in [1.82, 2.24) is 4.90 Å². The highest BCUT2D eigenvalue weighted by Crippen LogP contribution is 2.55. The van der Waals surface area contributed by atoms with Crippen LogP contribution in [-0.2, 0) is 9.59 Å². The maximum atomic E-state index is 12.1. The quantitative estimate of drug-likeness (QED) is 0.258. The van der Waals surface area contributed by atoms with E-state index in [2.05, 4.69) is 22.9 Å². The van der Waals surface area contributed by atoms with Gasteiger partial charge in [-0.3, -0.25) is 14.5 Å². The molecule has 0 radical (unpaired) electrons. The molecule has 0 bridgehead atoms. The highest BCUT2D eigenvalue weighted by molar-refractivity contribution is 9.09. The van der Waals surface area contributed by atoms with Crippen molar-refractivity contribution in [2.24, 2.45) is 0 Å². The molecule has 1 unspecified atom stereocenters. The van der Waals surface area contributed by atoms with Gasteiger partial charge in [0.15, 0.2) is 5.54 Å². The van der Waals surface area contributed by atoms with Crippen molar-refractivity contribution in [2.45, 2.75) is 38.1 Å². The van der Waals surface area contributed by atoms with E-state index >= 15 is 0 Å². The SMILES string of the molecule is CCCCCCBr.O=C1C2=CC(=CF)C=CC23C(=O)N13. The molecule has 3 rings (SSSR count). The summed E-state index contributed by atoms with van der Waals surface area (Å²) in [4.78, 5) is 23.5. The van der Waals surface area contributed by atoms with Crippen molar-refractivity contribution in [3.05, 3.63) is 35.7 Å². The molecule has 1 spiro atoms. The number of hydrogen-bond acceptors (Lipinski definition) is 2. The predicted octanol–water partition coefficient (Wildman–Crippen LogP) is 3.42. The Balaban J connectivity index is 0.000000182. The fraction of sp³-hybridized carbons (Fsp3) is 0.467. The Morgan fingerprint density at radius 2 is 2.10 bits per heavy atom. The van der Waals surface area contributed by atoms with Crippen LogP contribution in [0.5, 0.6) is 0 Å². The standard InChI is InChI=1S/C9H4FNO2.C6H13Br/c10-4-5-1-2-9-6(3-5)7(12)11(9)8(9)13;1-2-3-4-5-6-7/h1-4H;2-6H2,1H3. The van der Waals surface area contributed by atoms with Crippen LogP contribution in [-0.4, -0.2) is 27.6 Å².